The topological polar surface area (TPSA) is 58.6 Å². The van der Waals surface area contributed by atoms with Crippen LogP contribution >= 0.6 is 11.8 Å². The highest BCUT2D eigenvalue weighted by Crippen LogP contribution is 2.33. The number of nitrogens with zero attached hydrogens (tertiary/aromatic N) is 1. The fraction of sp³-hybridized carbons (Fsp3) is 0.300. The van der Waals surface area contributed by atoms with Gasteiger partial charge in [-0.3, -0.25) is 9.59 Å². The quantitative estimate of drug-likeness (QED) is 0.847. The molecule has 1 aliphatic rings. The number of thioether (sulfide) groups is 1. The molecule has 2 atom stereocenters. The van der Waals surface area contributed by atoms with Gasteiger partial charge in [0.2, 0.25) is 5.91 Å². The third-order valence-corrected chi connectivity index (χ3v) is 5.88. The molecule has 0 radical (unpaired) electrons. The zero-order valence-corrected chi connectivity index (χ0v) is 16.0. The van der Waals surface area contributed by atoms with Crippen LogP contribution < -0.4 is 10.1 Å². The van der Waals surface area contributed by atoms with Gasteiger partial charge in [-0.25, -0.2) is 4.39 Å². The maximum atomic E-state index is 13.1. The number of amides is 2. The summed E-state index contributed by atoms with van der Waals surface area (Å²) in [7, 11) is 1.57. The zero-order chi connectivity index (χ0) is 19.4. The Hall–Kier alpha value is -2.54. The third kappa shape index (κ3) is 4.24. The molecule has 2 amide bonds. The lowest BCUT2D eigenvalue weighted by Crippen LogP contribution is -2.47. The molecule has 1 saturated heterocycles. The van der Waals surface area contributed by atoms with Crippen molar-refractivity contribution in [1.82, 2.24) is 4.90 Å². The van der Waals surface area contributed by atoms with Crippen LogP contribution in [0.15, 0.2) is 48.5 Å². The van der Waals surface area contributed by atoms with Crippen molar-refractivity contribution < 1.29 is 18.7 Å². The summed E-state index contributed by atoms with van der Waals surface area (Å²) in [4.78, 5) is 27.5. The first-order chi connectivity index (χ1) is 13.0. The van der Waals surface area contributed by atoms with Crippen LogP contribution in [0.2, 0.25) is 0 Å². The Bertz CT molecular complexity index is 811. The van der Waals surface area contributed by atoms with Crippen LogP contribution in [0.1, 0.15) is 23.7 Å². The molecule has 1 heterocycles. The Balaban J connectivity index is 1.79. The van der Waals surface area contributed by atoms with E-state index in [2.05, 4.69) is 5.32 Å². The summed E-state index contributed by atoms with van der Waals surface area (Å²) >= 11 is 1.59. The number of hydrogen-bond acceptors (Lipinski definition) is 4. The molecule has 2 aromatic rings. The van der Waals surface area contributed by atoms with Gasteiger partial charge in [0.1, 0.15) is 17.6 Å². The molecule has 0 aromatic heterocycles. The molecule has 5 nitrogen and oxygen atoms in total. The van der Waals surface area contributed by atoms with Crippen molar-refractivity contribution in [3.8, 4) is 5.75 Å². The van der Waals surface area contributed by atoms with E-state index in [4.69, 9.17) is 4.74 Å². The van der Waals surface area contributed by atoms with Crippen molar-refractivity contribution in [3.63, 3.8) is 0 Å². The first kappa shape index (κ1) is 19.2. The van der Waals surface area contributed by atoms with Crippen LogP contribution in [0.3, 0.4) is 0 Å². The van der Waals surface area contributed by atoms with E-state index < -0.39 is 6.04 Å². The fourth-order valence-corrected chi connectivity index (χ4v) is 4.35. The van der Waals surface area contributed by atoms with Crippen LogP contribution in [-0.2, 0) is 4.79 Å². The molecule has 2 aromatic carbocycles. The summed E-state index contributed by atoms with van der Waals surface area (Å²) in [5.41, 5.74) is 1.01. The minimum atomic E-state index is -0.584. The van der Waals surface area contributed by atoms with Gasteiger partial charge in [0.15, 0.2) is 0 Å². The lowest BCUT2D eigenvalue weighted by atomic mass is 10.1. The van der Waals surface area contributed by atoms with Crippen LogP contribution in [0.4, 0.5) is 10.1 Å². The Morgan fingerprint density at radius 2 is 1.85 bits per heavy atom. The van der Waals surface area contributed by atoms with Crippen LogP contribution in [0, 0.1) is 5.82 Å². The minimum Gasteiger partial charge on any atom is -0.497 e. The second-order valence-electron chi connectivity index (χ2n) is 6.15. The SMILES string of the molecule is CCC1SCC(C(=O)Nc2ccc(F)cc2)N1C(=O)c1ccc(OC)cc1. The number of ether oxygens (including phenoxy) is 1. The molecule has 2 unspecified atom stereocenters. The summed E-state index contributed by atoms with van der Waals surface area (Å²) in [6.07, 6.45) is 0.743. The van der Waals surface area contributed by atoms with E-state index in [1.54, 1.807) is 48.0 Å². The summed E-state index contributed by atoms with van der Waals surface area (Å²) in [6.45, 7) is 1.99. The monoisotopic (exact) mass is 388 g/mol. The minimum absolute atomic E-state index is 0.0661. The Morgan fingerprint density at radius 3 is 2.44 bits per heavy atom. The van der Waals surface area contributed by atoms with Crippen molar-refractivity contribution >= 4 is 29.3 Å². The van der Waals surface area contributed by atoms with Gasteiger partial charge in [-0.15, -0.1) is 11.8 Å². The molecule has 1 N–H and O–H groups in total. The maximum absolute atomic E-state index is 13.1. The largest absolute Gasteiger partial charge is 0.497 e. The number of anilines is 1. The number of carbonyl (C=O) groups is 2. The molecule has 0 spiro atoms. The van der Waals surface area contributed by atoms with E-state index in [0.29, 0.717) is 22.8 Å². The number of rotatable bonds is 5. The van der Waals surface area contributed by atoms with E-state index in [1.807, 2.05) is 6.92 Å². The summed E-state index contributed by atoms with van der Waals surface area (Å²) in [5, 5.41) is 2.71. The van der Waals surface area contributed by atoms with Crippen LogP contribution in [0.25, 0.3) is 0 Å². The van der Waals surface area contributed by atoms with E-state index in [1.165, 1.54) is 24.3 Å². The predicted molar refractivity (Wildman–Crippen MR) is 105 cm³/mol. The van der Waals surface area contributed by atoms with Gasteiger partial charge in [0, 0.05) is 17.0 Å². The van der Waals surface area contributed by atoms with Crippen molar-refractivity contribution in [2.24, 2.45) is 0 Å². The standard InChI is InChI=1S/C20H21FN2O3S/c1-3-18-23(20(25)13-4-10-16(26-2)11-5-13)17(12-27-18)19(24)22-15-8-6-14(21)7-9-15/h4-11,17-18H,3,12H2,1-2H3,(H,22,24). The van der Waals surface area contributed by atoms with Crippen LogP contribution in [-0.4, -0.2) is 41.0 Å². The molecule has 1 fully saturated rings. The fourth-order valence-electron chi connectivity index (χ4n) is 2.99. The Labute approximate surface area is 161 Å². The molecule has 0 saturated carbocycles. The predicted octanol–water partition coefficient (Wildman–Crippen LogP) is 3.77. The smallest absolute Gasteiger partial charge is 0.255 e. The summed E-state index contributed by atoms with van der Waals surface area (Å²) in [6, 6.07) is 11.8. The van der Waals surface area contributed by atoms with Crippen molar-refractivity contribution in [2.45, 2.75) is 24.8 Å². The van der Waals surface area contributed by atoms with Crippen molar-refractivity contribution in [1.29, 1.82) is 0 Å². The number of benzene rings is 2. The van der Waals surface area contributed by atoms with E-state index in [-0.39, 0.29) is 23.0 Å². The molecule has 3 rings (SSSR count). The number of nitrogens with one attached hydrogen (secondary N) is 1. The average Bonchev–Trinajstić information content (AvgIpc) is 3.13. The Morgan fingerprint density at radius 1 is 1.19 bits per heavy atom. The molecular weight excluding hydrogens is 367 g/mol. The van der Waals surface area contributed by atoms with Gasteiger partial charge < -0.3 is 15.0 Å². The molecular formula is C20H21FN2O3S. The van der Waals surface area contributed by atoms with E-state index >= 15 is 0 Å². The van der Waals surface area contributed by atoms with Gasteiger partial charge in [0.25, 0.3) is 5.91 Å². The Kier molecular flexibility index (Phi) is 6.01. The van der Waals surface area contributed by atoms with Gasteiger partial charge in [0.05, 0.1) is 12.5 Å². The molecule has 0 aliphatic carbocycles. The molecule has 27 heavy (non-hydrogen) atoms. The van der Waals surface area contributed by atoms with Crippen molar-refractivity contribution in [3.05, 3.63) is 59.9 Å². The summed E-state index contributed by atoms with van der Waals surface area (Å²) < 4.78 is 18.2. The lowest BCUT2D eigenvalue weighted by molar-refractivity contribution is -0.119. The van der Waals surface area contributed by atoms with Crippen molar-refractivity contribution in [2.75, 3.05) is 18.2 Å². The van der Waals surface area contributed by atoms with Gasteiger partial charge in [-0.2, -0.15) is 0 Å². The average molecular weight is 388 g/mol. The van der Waals surface area contributed by atoms with Gasteiger partial charge in [-0.1, -0.05) is 6.92 Å². The highest BCUT2D eigenvalue weighted by molar-refractivity contribution is 8.00. The third-order valence-electron chi connectivity index (χ3n) is 4.43. The van der Waals surface area contributed by atoms with E-state index in [9.17, 15) is 14.0 Å². The molecule has 1 aliphatic heterocycles. The maximum Gasteiger partial charge on any atom is 0.255 e. The van der Waals surface area contributed by atoms with Gasteiger partial charge in [-0.05, 0) is 55.0 Å². The molecule has 7 heteroatoms. The van der Waals surface area contributed by atoms with Gasteiger partial charge >= 0.3 is 0 Å². The molecule has 142 valence electrons. The second-order valence-corrected chi connectivity index (χ2v) is 7.36. The van der Waals surface area contributed by atoms with Crippen LogP contribution in [0.5, 0.6) is 5.75 Å². The summed E-state index contributed by atoms with van der Waals surface area (Å²) in [5.74, 6) is 0.361. The number of methoxy groups -OCH3 is 1. The number of carbonyl (C=O) groups excluding carboxylic acids is 2. The highest BCUT2D eigenvalue weighted by Gasteiger charge is 2.41. The normalized spacial score (nSPS) is 19.0. The second kappa shape index (κ2) is 8.43. The molecule has 0 bridgehead atoms. The highest BCUT2D eigenvalue weighted by atomic mass is 32.2. The zero-order valence-electron chi connectivity index (χ0n) is 15.1. The lowest BCUT2D eigenvalue weighted by Gasteiger charge is -2.28. The number of halogens is 1. The number of hydrogen-bond donors (Lipinski definition) is 1. The van der Waals surface area contributed by atoms with E-state index in [0.717, 1.165) is 6.42 Å². The first-order valence-electron chi connectivity index (χ1n) is 8.68. The first-order valence-corrected chi connectivity index (χ1v) is 9.73.